The number of hydrogen-bond acceptors (Lipinski definition) is 7. The molecule has 1 unspecified atom stereocenters. The molecule has 0 bridgehead atoms. The van der Waals surface area contributed by atoms with Crippen molar-refractivity contribution in [3.63, 3.8) is 0 Å². The Morgan fingerprint density at radius 3 is 2.72 bits per heavy atom. The Morgan fingerprint density at radius 1 is 1.18 bits per heavy atom. The molecular formula is C25H17ClF3N5O5. The van der Waals surface area contributed by atoms with Crippen LogP contribution in [0.15, 0.2) is 70.6 Å². The number of halogens is 4. The summed E-state index contributed by atoms with van der Waals surface area (Å²) in [5.41, 5.74) is -0.497. The zero-order chi connectivity index (χ0) is 27.7. The fraction of sp³-hybridized carbons (Fsp3) is 0.160. The maximum absolute atomic E-state index is 13.6. The monoisotopic (exact) mass is 559 g/mol. The number of benzene rings is 1. The van der Waals surface area contributed by atoms with Crippen molar-refractivity contribution in [2.24, 2.45) is 0 Å². The Hall–Kier alpha value is -4.65. The van der Waals surface area contributed by atoms with Crippen LogP contribution >= 0.6 is 11.6 Å². The van der Waals surface area contributed by atoms with Gasteiger partial charge in [0.1, 0.15) is 12.4 Å². The zero-order valence-electron chi connectivity index (χ0n) is 19.7. The fourth-order valence-electron chi connectivity index (χ4n) is 4.04. The molecule has 1 atom stereocenters. The number of hydrogen-bond donors (Lipinski definition) is 2. The summed E-state index contributed by atoms with van der Waals surface area (Å²) in [4.78, 5) is 45.0. The minimum atomic E-state index is -4.73. The quantitative estimate of drug-likeness (QED) is 0.364. The molecule has 39 heavy (non-hydrogen) atoms. The highest BCUT2D eigenvalue weighted by Gasteiger charge is 2.37. The normalized spacial score (nSPS) is 15.5. The SMILES string of the molecule is O=C1NCC(c2cc(-c3cc(Cl)cc(OCc4ocnc4C(F)(F)F)c3)c(=O)n(-c3cccnc3)c2)C(=O)N1. The van der Waals surface area contributed by atoms with Gasteiger partial charge in [-0.3, -0.25) is 24.5 Å². The van der Waals surface area contributed by atoms with Gasteiger partial charge < -0.3 is 14.5 Å². The smallest absolute Gasteiger partial charge is 0.436 e. The number of pyridine rings is 2. The first-order valence-electron chi connectivity index (χ1n) is 11.3. The van der Waals surface area contributed by atoms with E-state index in [1.807, 2.05) is 0 Å². The van der Waals surface area contributed by atoms with Crippen LogP contribution in [0.1, 0.15) is 22.9 Å². The molecule has 0 spiro atoms. The van der Waals surface area contributed by atoms with E-state index >= 15 is 0 Å². The molecule has 0 aliphatic carbocycles. The number of alkyl halides is 3. The van der Waals surface area contributed by atoms with Gasteiger partial charge in [-0.1, -0.05) is 11.6 Å². The van der Waals surface area contributed by atoms with Gasteiger partial charge in [-0.25, -0.2) is 9.78 Å². The van der Waals surface area contributed by atoms with Crippen molar-refractivity contribution in [1.82, 2.24) is 25.2 Å². The molecule has 1 fully saturated rings. The number of ether oxygens (including phenoxy) is 1. The lowest BCUT2D eigenvalue weighted by molar-refractivity contribution is -0.142. The summed E-state index contributed by atoms with van der Waals surface area (Å²) in [7, 11) is 0. The van der Waals surface area contributed by atoms with Crippen LogP contribution in [0.2, 0.25) is 5.02 Å². The highest BCUT2D eigenvalue weighted by atomic mass is 35.5. The summed E-state index contributed by atoms with van der Waals surface area (Å²) in [5, 5.41) is 4.89. The standard InChI is InChI=1S/C25H17ClF3N5O5/c26-15-4-13(5-17(7-15)38-11-20-21(25(27,28)29)32-12-39-20)18-6-14(19-9-31-24(37)33-22(19)35)10-34(23(18)36)16-2-1-3-30-8-16/h1-8,10,12,19H,9,11H2,(H2,31,33,35,37). The fourth-order valence-corrected chi connectivity index (χ4v) is 4.27. The van der Waals surface area contributed by atoms with Gasteiger partial charge in [0.15, 0.2) is 17.8 Å². The van der Waals surface area contributed by atoms with E-state index in [4.69, 9.17) is 20.8 Å². The summed E-state index contributed by atoms with van der Waals surface area (Å²) in [6, 6.07) is 8.40. The summed E-state index contributed by atoms with van der Waals surface area (Å²) in [5.74, 6) is -1.84. The average Bonchev–Trinajstić information content (AvgIpc) is 3.38. The molecule has 4 heterocycles. The molecule has 3 amide bonds. The van der Waals surface area contributed by atoms with Gasteiger partial charge >= 0.3 is 12.2 Å². The molecule has 3 aromatic heterocycles. The van der Waals surface area contributed by atoms with Gasteiger partial charge in [-0.15, -0.1) is 0 Å². The van der Waals surface area contributed by atoms with Crippen molar-refractivity contribution in [1.29, 1.82) is 0 Å². The highest BCUT2D eigenvalue weighted by molar-refractivity contribution is 6.31. The van der Waals surface area contributed by atoms with Crippen molar-refractivity contribution in [3.8, 4) is 22.6 Å². The maximum Gasteiger partial charge on any atom is 0.436 e. The van der Waals surface area contributed by atoms with E-state index < -0.39 is 47.7 Å². The van der Waals surface area contributed by atoms with Gasteiger partial charge in [0, 0.05) is 29.5 Å². The van der Waals surface area contributed by atoms with Crippen LogP contribution in [0.3, 0.4) is 0 Å². The highest BCUT2D eigenvalue weighted by Crippen LogP contribution is 2.33. The Labute approximate surface area is 222 Å². The molecule has 0 radical (unpaired) electrons. The maximum atomic E-state index is 13.6. The lowest BCUT2D eigenvalue weighted by atomic mass is 9.95. The molecule has 14 heteroatoms. The lowest BCUT2D eigenvalue weighted by Crippen LogP contribution is -2.51. The number of rotatable bonds is 6. The van der Waals surface area contributed by atoms with Gasteiger partial charge in [0.05, 0.1) is 17.8 Å². The summed E-state index contributed by atoms with van der Waals surface area (Å²) in [6.45, 7) is -0.603. The third kappa shape index (κ3) is 5.48. The van der Waals surface area contributed by atoms with E-state index in [1.54, 1.807) is 12.1 Å². The largest absolute Gasteiger partial charge is 0.486 e. The van der Waals surface area contributed by atoms with Crippen LogP contribution in [0.5, 0.6) is 5.75 Å². The van der Waals surface area contributed by atoms with Gasteiger partial charge in [-0.2, -0.15) is 13.2 Å². The zero-order valence-corrected chi connectivity index (χ0v) is 20.4. The summed E-state index contributed by atoms with van der Waals surface area (Å²) >= 11 is 6.28. The van der Waals surface area contributed by atoms with Crippen molar-refractivity contribution in [2.45, 2.75) is 18.7 Å². The molecule has 1 aromatic carbocycles. The molecule has 0 saturated carbocycles. The number of amides is 3. The van der Waals surface area contributed by atoms with Crippen LogP contribution in [0, 0.1) is 0 Å². The number of carbonyl (C=O) groups is 2. The molecule has 1 aliphatic rings. The van der Waals surface area contributed by atoms with Crippen LogP contribution < -0.4 is 20.9 Å². The van der Waals surface area contributed by atoms with E-state index in [0.29, 0.717) is 17.6 Å². The number of nitrogens with zero attached hydrogens (tertiary/aromatic N) is 3. The molecule has 200 valence electrons. The van der Waals surface area contributed by atoms with E-state index in [9.17, 15) is 27.6 Å². The van der Waals surface area contributed by atoms with Gasteiger partial charge in [-0.05, 0) is 47.5 Å². The summed E-state index contributed by atoms with van der Waals surface area (Å²) < 4.78 is 51.0. The molecule has 4 aromatic rings. The van der Waals surface area contributed by atoms with E-state index in [0.717, 1.165) is 0 Å². The second kappa shape index (κ2) is 10.3. The number of aromatic nitrogens is 3. The van der Waals surface area contributed by atoms with E-state index in [1.165, 1.54) is 47.4 Å². The van der Waals surface area contributed by atoms with Crippen LogP contribution in [-0.2, 0) is 17.6 Å². The first-order chi connectivity index (χ1) is 18.6. The molecule has 1 aliphatic heterocycles. The van der Waals surface area contributed by atoms with Crippen LogP contribution in [-0.4, -0.2) is 33.0 Å². The Morgan fingerprint density at radius 2 is 2.00 bits per heavy atom. The van der Waals surface area contributed by atoms with Crippen molar-refractivity contribution in [2.75, 3.05) is 6.54 Å². The predicted molar refractivity (Wildman–Crippen MR) is 130 cm³/mol. The first kappa shape index (κ1) is 26.0. The van der Waals surface area contributed by atoms with Crippen molar-refractivity contribution < 1.29 is 31.9 Å². The predicted octanol–water partition coefficient (Wildman–Crippen LogP) is 4.06. The minimum Gasteiger partial charge on any atom is -0.486 e. The number of nitrogens with one attached hydrogen (secondary N) is 2. The second-order valence-corrected chi connectivity index (χ2v) is 8.85. The first-order valence-corrected chi connectivity index (χ1v) is 11.7. The number of imide groups is 1. The van der Waals surface area contributed by atoms with Gasteiger partial charge in [0.2, 0.25) is 5.91 Å². The average molecular weight is 560 g/mol. The lowest BCUT2D eigenvalue weighted by Gasteiger charge is -2.23. The van der Waals surface area contributed by atoms with Gasteiger partial charge in [0.25, 0.3) is 5.56 Å². The minimum absolute atomic E-state index is 0.00201. The van der Waals surface area contributed by atoms with E-state index in [2.05, 4.69) is 20.6 Å². The second-order valence-electron chi connectivity index (χ2n) is 8.41. The third-order valence-electron chi connectivity index (χ3n) is 5.85. The molecular weight excluding hydrogens is 543 g/mol. The van der Waals surface area contributed by atoms with Crippen molar-refractivity contribution >= 4 is 23.5 Å². The molecule has 10 nitrogen and oxygen atoms in total. The summed E-state index contributed by atoms with van der Waals surface area (Å²) in [6.07, 6.45) is 0.409. The van der Waals surface area contributed by atoms with Crippen LogP contribution in [0.25, 0.3) is 16.8 Å². The number of carbonyl (C=O) groups excluding carboxylic acids is 2. The molecule has 2 N–H and O–H groups in total. The Balaban J connectivity index is 1.56. The Bertz CT molecular complexity index is 1620. The molecule has 1 saturated heterocycles. The number of oxazole rings is 1. The third-order valence-corrected chi connectivity index (χ3v) is 6.06. The van der Waals surface area contributed by atoms with Crippen molar-refractivity contribution in [3.05, 3.63) is 93.8 Å². The number of urea groups is 1. The molecule has 5 rings (SSSR count). The topological polar surface area (TPSA) is 128 Å². The van der Waals surface area contributed by atoms with Crippen LogP contribution in [0.4, 0.5) is 18.0 Å². The Kier molecular flexibility index (Phi) is 6.83. The van der Waals surface area contributed by atoms with E-state index in [-0.39, 0.29) is 28.4 Å².